The second kappa shape index (κ2) is 8.95. The van der Waals surface area contributed by atoms with Gasteiger partial charge in [0.25, 0.3) is 0 Å². The monoisotopic (exact) mass is 459 g/mol. The first kappa shape index (κ1) is 21.6. The van der Waals surface area contributed by atoms with Gasteiger partial charge in [-0.3, -0.25) is 4.40 Å². The maximum absolute atomic E-state index is 13.5. The van der Waals surface area contributed by atoms with E-state index in [9.17, 15) is 4.39 Å². The molecule has 0 atom stereocenters. The molecule has 3 heterocycles. The minimum absolute atomic E-state index is 0.303. The Morgan fingerprint density at radius 3 is 2.62 bits per heavy atom. The third-order valence-electron chi connectivity index (χ3n) is 5.40. The van der Waals surface area contributed by atoms with Crippen LogP contribution in [0.25, 0.3) is 28.2 Å². The number of rotatable bonds is 7. The van der Waals surface area contributed by atoms with Crippen molar-refractivity contribution in [1.82, 2.24) is 19.4 Å². The van der Waals surface area contributed by atoms with E-state index in [1.807, 2.05) is 22.6 Å². The number of halogens is 1. The van der Waals surface area contributed by atoms with Gasteiger partial charge in [0.05, 0.1) is 43.1 Å². The Balaban J connectivity index is 1.55. The maximum atomic E-state index is 13.5. The zero-order valence-electron chi connectivity index (χ0n) is 18.9. The molecule has 0 saturated heterocycles. The second-order valence-corrected chi connectivity index (χ2v) is 7.63. The van der Waals surface area contributed by atoms with Gasteiger partial charge in [-0.2, -0.15) is 0 Å². The summed E-state index contributed by atoms with van der Waals surface area (Å²) in [5.74, 6) is 1.55. The number of hydrogen-bond acceptors (Lipinski definition) is 7. The molecule has 0 fully saturated rings. The quantitative estimate of drug-likeness (QED) is 0.349. The van der Waals surface area contributed by atoms with Crippen LogP contribution in [0.15, 0.2) is 65.6 Å². The zero-order chi connectivity index (χ0) is 23.7. The van der Waals surface area contributed by atoms with Crippen LogP contribution in [0.3, 0.4) is 0 Å². The van der Waals surface area contributed by atoms with E-state index in [4.69, 9.17) is 18.9 Å². The average molecular weight is 459 g/mol. The van der Waals surface area contributed by atoms with Gasteiger partial charge >= 0.3 is 0 Å². The van der Waals surface area contributed by atoms with E-state index in [0.29, 0.717) is 41.0 Å². The Bertz CT molecular complexity index is 1460. The Kier molecular flexibility index (Phi) is 5.69. The molecule has 34 heavy (non-hydrogen) atoms. The van der Waals surface area contributed by atoms with E-state index in [2.05, 4.69) is 15.3 Å². The first-order chi connectivity index (χ1) is 16.6. The number of fused-ring (bicyclic) bond motifs is 1. The molecule has 0 amide bonds. The standard InChI is InChI=1S/C25H22FN5O3/c1-15-28-12-23(34-15)19-9-8-18(10-22(19)33-3)29-20-11-27-14-31-21(13-32-2)24(30-25(20)31)16-4-6-17(26)7-5-16/h4-12,14,29H,13H2,1-3H3. The lowest BCUT2D eigenvalue weighted by Gasteiger charge is -2.11. The number of nitrogens with one attached hydrogen (secondary N) is 1. The summed E-state index contributed by atoms with van der Waals surface area (Å²) in [7, 11) is 3.22. The number of aromatic nitrogens is 4. The van der Waals surface area contributed by atoms with Crippen LogP contribution < -0.4 is 10.1 Å². The molecule has 0 spiro atoms. The van der Waals surface area contributed by atoms with Crippen molar-refractivity contribution in [2.45, 2.75) is 13.5 Å². The predicted molar refractivity (Wildman–Crippen MR) is 126 cm³/mol. The molecule has 3 aromatic heterocycles. The third-order valence-corrected chi connectivity index (χ3v) is 5.40. The molecular weight excluding hydrogens is 437 g/mol. The molecule has 9 heteroatoms. The Morgan fingerprint density at radius 1 is 1.09 bits per heavy atom. The van der Waals surface area contributed by atoms with Crippen LogP contribution in [0.5, 0.6) is 5.75 Å². The van der Waals surface area contributed by atoms with Crippen molar-refractivity contribution >= 4 is 17.0 Å². The van der Waals surface area contributed by atoms with E-state index in [0.717, 1.165) is 22.5 Å². The summed E-state index contributed by atoms with van der Waals surface area (Å²) < 4.78 is 32.0. The van der Waals surface area contributed by atoms with Crippen molar-refractivity contribution in [2.75, 3.05) is 19.5 Å². The fourth-order valence-electron chi connectivity index (χ4n) is 3.83. The van der Waals surface area contributed by atoms with Gasteiger partial charge in [0.15, 0.2) is 17.3 Å². The number of anilines is 2. The highest BCUT2D eigenvalue weighted by molar-refractivity contribution is 5.79. The number of aryl methyl sites for hydroxylation is 1. The van der Waals surface area contributed by atoms with E-state index in [-0.39, 0.29) is 5.82 Å². The maximum Gasteiger partial charge on any atom is 0.191 e. The molecular formula is C25H22FN5O3. The summed E-state index contributed by atoms with van der Waals surface area (Å²) in [4.78, 5) is 13.4. The summed E-state index contributed by atoms with van der Waals surface area (Å²) in [6, 6.07) is 11.9. The highest BCUT2D eigenvalue weighted by Crippen LogP contribution is 2.35. The minimum atomic E-state index is -0.303. The van der Waals surface area contributed by atoms with Crippen LogP contribution in [0.1, 0.15) is 11.6 Å². The first-order valence-corrected chi connectivity index (χ1v) is 10.5. The number of methoxy groups -OCH3 is 2. The second-order valence-electron chi connectivity index (χ2n) is 7.63. The third kappa shape index (κ3) is 3.97. The van der Waals surface area contributed by atoms with Gasteiger partial charge in [0, 0.05) is 31.4 Å². The Hall–Kier alpha value is -4.24. The van der Waals surface area contributed by atoms with Crippen LogP contribution in [0, 0.1) is 12.7 Å². The van der Waals surface area contributed by atoms with E-state index in [1.54, 1.807) is 52.0 Å². The number of oxazole rings is 1. The number of nitrogens with zero attached hydrogens (tertiary/aromatic N) is 4. The molecule has 0 aliphatic rings. The molecule has 172 valence electrons. The van der Waals surface area contributed by atoms with E-state index in [1.165, 1.54) is 12.1 Å². The van der Waals surface area contributed by atoms with Crippen molar-refractivity contribution in [3.05, 3.63) is 78.6 Å². The normalized spacial score (nSPS) is 11.2. The van der Waals surface area contributed by atoms with Crippen LogP contribution in [0.2, 0.25) is 0 Å². The highest BCUT2D eigenvalue weighted by atomic mass is 19.1. The van der Waals surface area contributed by atoms with Gasteiger partial charge in [-0.05, 0) is 36.4 Å². The predicted octanol–water partition coefficient (Wildman–Crippen LogP) is 5.40. The topological polar surface area (TPSA) is 86.7 Å². The summed E-state index contributed by atoms with van der Waals surface area (Å²) in [5, 5.41) is 3.38. The highest BCUT2D eigenvalue weighted by Gasteiger charge is 2.18. The van der Waals surface area contributed by atoms with Crippen molar-refractivity contribution in [1.29, 1.82) is 0 Å². The molecule has 0 aliphatic carbocycles. The van der Waals surface area contributed by atoms with Gasteiger partial charge in [0.1, 0.15) is 23.6 Å². The molecule has 8 nitrogen and oxygen atoms in total. The van der Waals surface area contributed by atoms with E-state index >= 15 is 0 Å². The van der Waals surface area contributed by atoms with Crippen molar-refractivity contribution < 1.29 is 18.3 Å². The molecule has 1 N–H and O–H groups in total. The largest absolute Gasteiger partial charge is 0.496 e. The minimum Gasteiger partial charge on any atom is -0.496 e. The molecule has 0 saturated carbocycles. The summed E-state index contributed by atoms with van der Waals surface area (Å²) in [6.45, 7) is 2.11. The van der Waals surface area contributed by atoms with Crippen LogP contribution in [-0.2, 0) is 11.3 Å². The number of hydrogen-bond donors (Lipinski definition) is 1. The smallest absolute Gasteiger partial charge is 0.191 e. The summed E-state index contributed by atoms with van der Waals surface area (Å²) in [5.41, 5.74) is 5.24. The fourth-order valence-corrected chi connectivity index (χ4v) is 3.83. The van der Waals surface area contributed by atoms with Gasteiger partial charge < -0.3 is 19.2 Å². The Morgan fingerprint density at radius 2 is 1.91 bits per heavy atom. The molecule has 5 rings (SSSR count). The first-order valence-electron chi connectivity index (χ1n) is 10.5. The molecule has 0 bridgehead atoms. The summed E-state index contributed by atoms with van der Waals surface area (Å²) in [6.07, 6.45) is 5.06. The molecule has 2 aromatic carbocycles. The SMILES string of the molecule is COCc1c(-c2ccc(F)cc2)nc2c(Nc3ccc(-c4cnc(C)o4)c(OC)c3)cncn12. The number of benzene rings is 2. The van der Waals surface area contributed by atoms with Crippen LogP contribution in [0.4, 0.5) is 15.8 Å². The lowest BCUT2D eigenvalue weighted by molar-refractivity contribution is 0.181. The molecule has 0 unspecified atom stereocenters. The lowest BCUT2D eigenvalue weighted by atomic mass is 10.1. The summed E-state index contributed by atoms with van der Waals surface area (Å²) >= 11 is 0. The van der Waals surface area contributed by atoms with Crippen molar-refractivity contribution in [3.8, 4) is 28.3 Å². The van der Waals surface area contributed by atoms with Crippen LogP contribution in [-0.4, -0.2) is 33.6 Å². The van der Waals surface area contributed by atoms with Crippen LogP contribution >= 0.6 is 0 Å². The molecule has 0 aliphatic heterocycles. The van der Waals surface area contributed by atoms with Crippen molar-refractivity contribution in [2.24, 2.45) is 0 Å². The van der Waals surface area contributed by atoms with Gasteiger partial charge in [-0.15, -0.1) is 0 Å². The fraction of sp³-hybridized carbons (Fsp3) is 0.160. The lowest BCUT2D eigenvalue weighted by Crippen LogP contribution is -2.00. The Labute approximate surface area is 195 Å². The van der Waals surface area contributed by atoms with Gasteiger partial charge in [-0.1, -0.05) is 0 Å². The number of ether oxygens (including phenoxy) is 2. The average Bonchev–Trinajstić information content (AvgIpc) is 3.44. The molecule has 0 radical (unpaired) electrons. The van der Waals surface area contributed by atoms with E-state index < -0.39 is 0 Å². The van der Waals surface area contributed by atoms with Gasteiger partial charge in [0.2, 0.25) is 0 Å². The molecule has 5 aromatic rings. The van der Waals surface area contributed by atoms with Gasteiger partial charge in [-0.25, -0.2) is 19.3 Å². The van der Waals surface area contributed by atoms with Crippen molar-refractivity contribution in [3.63, 3.8) is 0 Å². The number of imidazole rings is 1. The zero-order valence-corrected chi connectivity index (χ0v) is 18.9.